The summed E-state index contributed by atoms with van der Waals surface area (Å²) in [5.41, 5.74) is 4.62. The van der Waals surface area contributed by atoms with E-state index in [4.69, 9.17) is 0 Å². The summed E-state index contributed by atoms with van der Waals surface area (Å²) >= 11 is 0. The zero-order valence-corrected chi connectivity index (χ0v) is 17.9. The van der Waals surface area contributed by atoms with Crippen LogP contribution in [0.5, 0.6) is 0 Å². The standard InChI is InChI=1S/C24H21N3O3S/c1-16(28)18-10-7-17(8-11-18)9-14-24-26-21-13-12-19(15-22(21)27-24)20-5-3-4-6-23(20)31(29,30)25-2/h3-15,25H,1-2H3,(H,26,27)/b14-9+. The number of carbonyl (C=O) groups is 1. The van der Waals surface area contributed by atoms with E-state index in [0.717, 1.165) is 22.2 Å². The number of ketones is 1. The monoisotopic (exact) mass is 431 g/mol. The number of aromatic amines is 1. The molecule has 0 aliphatic carbocycles. The van der Waals surface area contributed by atoms with Gasteiger partial charge in [0, 0.05) is 11.1 Å². The molecule has 0 fully saturated rings. The van der Waals surface area contributed by atoms with Gasteiger partial charge in [-0.25, -0.2) is 18.1 Å². The van der Waals surface area contributed by atoms with Crippen LogP contribution in [-0.4, -0.2) is 31.2 Å². The maximum Gasteiger partial charge on any atom is 0.240 e. The molecule has 0 aliphatic heterocycles. The summed E-state index contributed by atoms with van der Waals surface area (Å²) in [5.74, 6) is 0.714. The van der Waals surface area contributed by atoms with Crippen molar-refractivity contribution in [2.24, 2.45) is 0 Å². The molecule has 6 nitrogen and oxygen atoms in total. The minimum atomic E-state index is -3.58. The number of H-pyrrole nitrogens is 1. The molecular formula is C24H21N3O3S. The molecule has 4 rings (SSSR count). The van der Waals surface area contributed by atoms with Crippen LogP contribution in [0.25, 0.3) is 34.3 Å². The van der Waals surface area contributed by atoms with Crippen molar-refractivity contribution in [3.8, 4) is 11.1 Å². The number of rotatable bonds is 6. The molecule has 2 N–H and O–H groups in total. The van der Waals surface area contributed by atoms with E-state index < -0.39 is 10.0 Å². The lowest BCUT2D eigenvalue weighted by Crippen LogP contribution is -2.19. The summed E-state index contributed by atoms with van der Waals surface area (Å²) in [5, 5.41) is 0. The normalized spacial score (nSPS) is 11.9. The van der Waals surface area contributed by atoms with Crippen LogP contribution in [0.15, 0.2) is 71.6 Å². The highest BCUT2D eigenvalue weighted by molar-refractivity contribution is 7.89. The second kappa shape index (κ2) is 8.29. The molecule has 0 aliphatic rings. The molecule has 156 valence electrons. The largest absolute Gasteiger partial charge is 0.338 e. The molecule has 0 spiro atoms. The number of aromatic nitrogens is 2. The SMILES string of the molecule is CNS(=O)(=O)c1ccccc1-c1ccc2nc(/C=C/c3ccc(C(C)=O)cc3)[nH]c2c1. The molecule has 0 radical (unpaired) electrons. The predicted molar refractivity (Wildman–Crippen MR) is 123 cm³/mol. The van der Waals surface area contributed by atoms with Gasteiger partial charge in [-0.2, -0.15) is 0 Å². The molecule has 0 amide bonds. The first kappa shape index (κ1) is 20.7. The third-order valence-corrected chi connectivity index (χ3v) is 6.48. The van der Waals surface area contributed by atoms with Crippen molar-refractivity contribution in [1.82, 2.24) is 14.7 Å². The molecular weight excluding hydrogens is 410 g/mol. The summed E-state index contributed by atoms with van der Waals surface area (Å²) in [6.45, 7) is 1.54. The van der Waals surface area contributed by atoms with Gasteiger partial charge in [-0.05, 0) is 49.4 Å². The lowest BCUT2D eigenvalue weighted by molar-refractivity contribution is 0.101. The number of sulfonamides is 1. The van der Waals surface area contributed by atoms with Crippen LogP contribution in [0.1, 0.15) is 28.7 Å². The van der Waals surface area contributed by atoms with Crippen molar-refractivity contribution in [3.05, 3.63) is 83.7 Å². The smallest absolute Gasteiger partial charge is 0.240 e. The molecule has 0 unspecified atom stereocenters. The highest BCUT2D eigenvalue weighted by Gasteiger charge is 2.17. The Morgan fingerprint density at radius 1 is 1.00 bits per heavy atom. The third kappa shape index (κ3) is 4.33. The van der Waals surface area contributed by atoms with Crippen LogP contribution in [0, 0.1) is 0 Å². The lowest BCUT2D eigenvalue weighted by Gasteiger charge is -2.09. The van der Waals surface area contributed by atoms with Gasteiger partial charge < -0.3 is 4.98 Å². The van der Waals surface area contributed by atoms with Crippen LogP contribution in [0.3, 0.4) is 0 Å². The molecule has 0 saturated carbocycles. The average molecular weight is 432 g/mol. The zero-order chi connectivity index (χ0) is 22.0. The Kier molecular flexibility index (Phi) is 5.54. The zero-order valence-electron chi connectivity index (χ0n) is 17.1. The van der Waals surface area contributed by atoms with Gasteiger partial charge in [0.25, 0.3) is 0 Å². The van der Waals surface area contributed by atoms with E-state index in [1.54, 1.807) is 37.3 Å². The van der Waals surface area contributed by atoms with Gasteiger partial charge in [0.1, 0.15) is 5.82 Å². The maximum absolute atomic E-state index is 12.4. The van der Waals surface area contributed by atoms with Gasteiger partial charge in [-0.1, -0.05) is 54.6 Å². The number of Topliss-reactive ketones (excluding diaryl/α,β-unsaturated/α-hetero) is 1. The summed E-state index contributed by atoms with van der Waals surface area (Å²) in [7, 11) is -2.18. The Bertz CT molecular complexity index is 1400. The van der Waals surface area contributed by atoms with Gasteiger partial charge in [-0.3, -0.25) is 4.79 Å². The Labute approximate surface area is 180 Å². The van der Waals surface area contributed by atoms with Gasteiger partial charge in [0.2, 0.25) is 10.0 Å². The number of carbonyl (C=O) groups excluding carboxylic acids is 1. The Morgan fingerprint density at radius 3 is 2.45 bits per heavy atom. The fourth-order valence-electron chi connectivity index (χ4n) is 3.33. The minimum absolute atomic E-state index is 0.0349. The van der Waals surface area contributed by atoms with Crippen LogP contribution in [0.2, 0.25) is 0 Å². The molecule has 0 atom stereocenters. The van der Waals surface area contributed by atoms with E-state index in [9.17, 15) is 13.2 Å². The number of imidazole rings is 1. The van der Waals surface area contributed by atoms with E-state index in [2.05, 4.69) is 14.7 Å². The number of hydrogen-bond acceptors (Lipinski definition) is 4. The van der Waals surface area contributed by atoms with E-state index in [1.807, 2.05) is 48.6 Å². The first-order valence-corrected chi connectivity index (χ1v) is 11.2. The third-order valence-electron chi connectivity index (χ3n) is 5.01. The first-order chi connectivity index (χ1) is 14.9. The van der Waals surface area contributed by atoms with Crippen molar-refractivity contribution in [2.45, 2.75) is 11.8 Å². The number of hydrogen-bond donors (Lipinski definition) is 2. The van der Waals surface area contributed by atoms with E-state index >= 15 is 0 Å². The van der Waals surface area contributed by atoms with Gasteiger partial charge >= 0.3 is 0 Å². The van der Waals surface area contributed by atoms with Gasteiger partial charge in [0.05, 0.1) is 15.9 Å². The topological polar surface area (TPSA) is 91.9 Å². The quantitative estimate of drug-likeness (QED) is 0.439. The molecule has 0 saturated heterocycles. The van der Waals surface area contributed by atoms with E-state index in [-0.39, 0.29) is 10.7 Å². The van der Waals surface area contributed by atoms with Crippen molar-refractivity contribution in [3.63, 3.8) is 0 Å². The van der Waals surface area contributed by atoms with E-state index in [1.165, 1.54) is 7.05 Å². The average Bonchev–Trinajstić information content (AvgIpc) is 3.20. The van der Waals surface area contributed by atoms with Crippen molar-refractivity contribution >= 4 is 39.0 Å². The second-order valence-corrected chi connectivity index (χ2v) is 8.92. The Morgan fingerprint density at radius 2 is 1.74 bits per heavy atom. The molecule has 0 bridgehead atoms. The maximum atomic E-state index is 12.4. The van der Waals surface area contributed by atoms with Gasteiger partial charge in [-0.15, -0.1) is 0 Å². The number of nitrogens with one attached hydrogen (secondary N) is 2. The highest BCUT2D eigenvalue weighted by atomic mass is 32.2. The Balaban J connectivity index is 1.66. The molecule has 7 heteroatoms. The molecule has 1 heterocycles. The summed E-state index contributed by atoms with van der Waals surface area (Å²) in [6, 6.07) is 19.9. The highest BCUT2D eigenvalue weighted by Crippen LogP contribution is 2.29. The molecule has 31 heavy (non-hydrogen) atoms. The minimum Gasteiger partial charge on any atom is -0.338 e. The lowest BCUT2D eigenvalue weighted by atomic mass is 10.1. The fourth-order valence-corrected chi connectivity index (χ4v) is 4.28. The Hall–Kier alpha value is -3.55. The first-order valence-electron chi connectivity index (χ1n) is 9.69. The van der Waals surface area contributed by atoms with Crippen molar-refractivity contribution in [2.75, 3.05) is 7.05 Å². The van der Waals surface area contributed by atoms with Crippen molar-refractivity contribution in [1.29, 1.82) is 0 Å². The molecule has 3 aromatic carbocycles. The van der Waals surface area contributed by atoms with Gasteiger partial charge in [0.15, 0.2) is 5.78 Å². The summed E-state index contributed by atoms with van der Waals surface area (Å²) < 4.78 is 27.1. The van der Waals surface area contributed by atoms with Crippen LogP contribution in [0.4, 0.5) is 0 Å². The molecule has 4 aromatic rings. The summed E-state index contributed by atoms with van der Waals surface area (Å²) in [6.07, 6.45) is 3.78. The molecule has 1 aromatic heterocycles. The predicted octanol–water partition coefficient (Wildman–Crippen LogP) is 4.51. The van der Waals surface area contributed by atoms with E-state index in [0.29, 0.717) is 17.0 Å². The number of nitrogens with zero attached hydrogens (tertiary/aromatic N) is 1. The van der Waals surface area contributed by atoms with Crippen molar-refractivity contribution < 1.29 is 13.2 Å². The number of benzene rings is 3. The second-order valence-electron chi connectivity index (χ2n) is 7.07. The van der Waals surface area contributed by atoms with Crippen LogP contribution < -0.4 is 4.72 Å². The summed E-state index contributed by atoms with van der Waals surface area (Å²) in [4.78, 5) is 19.4. The number of fused-ring (bicyclic) bond motifs is 1. The fraction of sp³-hybridized carbons (Fsp3) is 0.0833. The van der Waals surface area contributed by atoms with Crippen LogP contribution >= 0.6 is 0 Å². The van der Waals surface area contributed by atoms with Crippen LogP contribution in [-0.2, 0) is 10.0 Å².